The van der Waals surface area contributed by atoms with Crippen LogP contribution in [0.2, 0.25) is 10.0 Å². The number of sulfonamides is 1. The van der Waals surface area contributed by atoms with E-state index in [1.54, 1.807) is 19.9 Å². The Kier molecular flexibility index (Phi) is 7.29. The molecule has 0 unspecified atom stereocenters. The van der Waals surface area contributed by atoms with Gasteiger partial charge in [-0.05, 0) is 44.2 Å². The van der Waals surface area contributed by atoms with Crippen LogP contribution >= 0.6 is 23.2 Å². The van der Waals surface area contributed by atoms with Crippen molar-refractivity contribution in [2.24, 2.45) is 0 Å². The highest BCUT2D eigenvalue weighted by atomic mass is 35.5. The van der Waals surface area contributed by atoms with E-state index in [2.05, 4.69) is 10.0 Å². The summed E-state index contributed by atoms with van der Waals surface area (Å²) in [6, 6.07) is 9.74. The zero-order valence-electron chi connectivity index (χ0n) is 15.0. The Hall–Kier alpha value is -2.29. The number of benzene rings is 2. The molecule has 2 N–H and O–H groups in total. The first-order chi connectivity index (χ1) is 13.1. The van der Waals surface area contributed by atoms with Gasteiger partial charge in [-0.25, -0.2) is 13.2 Å². The highest BCUT2D eigenvalue weighted by Gasteiger charge is 2.22. The molecule has 7 nitrogen and oxygen atoms in total. The van der Waals surface area contributed by atoms with Crippen LogP contribution in [-0.2, 0) is 19.6 Å². The number of nitrogens with one attached hydrogen (secondary N) is 2. The molecular weight excluding hydrogens is 427 g/mol. The van der Waals surface area contributed by atoms with Gasteiger partial charge in [0, 0.05) is 11.1 Å². The lowest BCUT2D eigenvalue weighted by Gasteiger charge is -2.13. The van der Waals surface area contributed by atoms with Crippen molar-refractivity contribution in [3.8, 4) is 0 Å². The zero-order chi connectivity index (χ0) is 20.9. The molecule has 150 valence electrons. The summed E-state index contributed by atoms with van der Waals surface area (Å²) in [4.78, 5) is 23.7. The molecule has 0 saturated heterocycles. The summed E-state index contributed by atoms with van der Waals surface area (Å²) in [5, 5.41) is 2.74. The standard InChI is InChI=1S/C18H18Cl2N2O5S/c1-11(2)21-17(23)10-27-18(24)13-5-3-4-6-15(13)22-28(25,26)16-9-12(19)7-8-14(16)20/h3-9,11,22H,10H2,1-2H3,(H,21,23). The van der Waals surface area contributed by atoms with Crippen LogP contribution in [0.4, 0.5) is 5.69 Å². The SMILES string of the molecule is CC(C)NC(=O)COC(=O)c1ccccc1NS(=O)(=O)c1cc(Cl)ccc1Cl. The molecule has 0 atom stereocenters. The number of ether oxygens (including phenoxy) is 1. The first-order valence-electron chi connectivity index (χ1n) is 8.13. The topological polar surface area (TPSA) is 102 Å². The third-order valence-corrected chi connectivity index (χ3v) is 5.44. The van der Waals surface area contributed by atoms with Crippen LogP contribution in [0.3, 0.4) is 0 Å². The normalized spacial score (nSPS) is 11.2. The average Bonchev–Trinajstić information content (AvgIpc) is 2.61. The smallest absolute Gasteiger partial charge is 0.340 e. The van der Waals surface area contributed by atoms with Crippen molar-refractivity contribution in [1.29, 1.82) is 0 Å². The molecule has 0 spiro atoms. The van der Waals surface area contributed by atoms with E-state index in [4.69, 9.17) is 27.9 Å². The number of para-hydroxylation sites is 1. The van der Waals surface area contributed by atoms with E-state index >= 15 is 0 Å². The number of hydrogen-bond acceptors (Lipinski definition) is 5. The van der Waals surface area contributed by atoms with Crippen molar-refractivity contribution < 1.29 is 22.7 Å². The Balaban J connectivity index is 2.23. The molecule has 0 aliphatic carbocycles. The fraction of sp³-hybridized carbons (Fsp3) is 0.222. The predicted octanol–water partition coefficient (Wildman–Crippen LogP) is 3.48. The van der Waals surface area contributed by atoms with Gasteiger partial charge in [0.2, 0.25) is 0 Å². The van der Waals surface area contributed by atoms with Crippen LogP contribution in [0.1, 0.15) is 24.2 Å². The quantitative estimate of drug-likeness (QED) is 0.636. The summed E-state index contributed by atoms with van der Waals surface area (Å²) in [5.41, 5.74) is -0.0746. The van der Waals surface area contributed by atoms with Gasteiger partial charge in [-0.3, -0.25) is 9.52 Å². The molecule has 0 aliphatic rings. The van der Waals surface area contributed by atoms with E-state index in [1.165, 1.54) is 36.4 Å². The minimum Gasteiger partial charge on any atom is -0.452 e. The maximum Gasteiger partial charge on any atom is 0.340 e. The summed E-state index contributed by atoms with van der Waals surface area (Å²) in [6.45, 7) is 3.05. The number of esters is 1. The maximum atomic E-state index is 12.7. The van der Waals surface area contributed by atoms with E-state index in [0.717, 1.165) is 0 Å². The molecule has 10 heteroatoms. The van der Waals surface area contributed by atoms with Crippen LogP contribution in [0.5, 0.6) is 0 Å². The molecule has 0 aromatic heterocycles. The summed E-state index contributed by atoms with van der Waals surface area (Å²) in [6.07, 6.45) is 0. The number of amides is 1. The van der Waals surface area contributed by atoms with E-state index in [1.807, 2.05) is 0 Å². The molecule has 0 bridgehead atoms. The van der Waals surface area contributed by atoms with Gasteiger partial charge < -0.3 is 10.1 Å². The molecule has 2 aromatic rings. The van der Waals surface area contributed by atoms with Crippen molar-refractivity contribution in [3.63, 3.8) is 0 Å². The van der Waals surface area contributed by atoms with Crippen LogP contribution in [0, 0.1) is 0 Å². The van der Waals surface area contributed by atoms with Crippen LogP contribution in [0.25, 0.3) is 0 Å². The number of anilines is 1. The van der Waals surface area contributed by atoms with Crippen LogP contribution < -0.4 is 10.0 Å². The highest BCUT2D eigenvalue weighted by molar-refractivity contribution is 7.92. The van der Waals surface area contributed by atoms with E-state index in [9.17, 15) is 18.0 Å². The lowest BCUT2D eigenvalue weighted by molar-refractivity contribution is -0.124. The largest absolute Gasteiger partial charge is 0.452 e. The highest BCUT2D eigenvalue weighted by Crippen LogP contribution is 2.28. The number of hydrogen-bond donors (Lipinski definition) is 2. The van der Waals surface area contributed by atoms with Gasteiger partial charge in [0.15, 0.2) is 6.61 Å². The second kappa shape index (κ2) is 9.27. The average molecular weight is 445 g/mol. The monoisotopic (exact) mass is 444 g/mol. The Morgan fingerprint density at radius 3 is 2.46 bits per heavy atom. The minimum absolute atomic E-state index is 0.0205. The zero-order valence-corrected chi connectivity index (χ0v) is 17.4. The number of halogens is 2. The molecule has 2 rings (SSSR count). The Bertz CT molecular complexity index is 993. The summed E-state index contributed by atoms with van der Waals surface area (Å²) >= 11 is 11.8. The summed E-state index contributed by atoms with van der Waals surface area (Å²) in [5.74, 6) is -1.32. The van der Waals surface area contributed by atoms with Gasteiger partial charge in [-0.1, -0.05) is 35.3 Å². The van der Waals surface area contributed by atoms with Gasteiger partial charge in [-0.2, -0.15) is 0 Å². The van der Waals surface area contributed by atoms with E-state index in [-0.39, 0.29) is 32.2 Å². The first-order valence-corrected chi connectivity index (χ1v) is 10.4. The molecule has 0 fully saturated rings. The summed E-state index contributed by atoms with van der Waals surface area (Å²) in [7, 11) is -4.12. The lowest BCUT2D eigenvalue weighted by Crippen LogP contribution is -2.34. The van der Waals surface area contributed by atoms with Crippen molar-refractivity contribution in [1.82, 2.24) is 5.32 Å². The van der Waals surface area contributed by atoms with E-state index < -0.39 is 28.5 Å². The predicted molar refractivity (Wildman–Crippen MR) is 107 cm³/mol. The number of rotatable bonds is 7. The molecule has 2 aromatic carbocycles. The second-order valence-electron chi connectivity index (χ2n) is 6.02. The molecule has 0 aliphatic heterocycles. The lowest BCUT2D eigenvalue weighted by atomic mass is 10.2. The molecule has 0 radical (unpaired) electrons. The van der Waals surface area contributed by atoms with Gasteiger partial charge in [0.05, 0.1) is 16.3 Å². The van der Waals surface area contributed by atoms with Crippen molar-refractivity contribution >= 4 is 50.8 Å². The molecule has 0 saturated carbocycles. The molecule has 0 heterocycles. The van der Waals surface area contributed by atoms with Gasteiger partial charge in [0.25, 0.3) is 15.9 Å². The maximum absolute atomic E-state index is 12.7. The van der Waals surface area contributed by atoms with Gasteiger partial charge >= 0.3 is 5.97 Å². The number of carbonyl (C=O) groups excluding carboxylic acids is 2. The Labute approximate surface area is 173 Å². The van der Waals surface area contributed by atoms with Crippen molar-refractivity contribution in [2.45, 2.75) is 24.8 Å². The molecular formula is C18H18Cl2N2O5S. The third-order valence-electron chi connectivity index (χ3n) is 3.36. The second-order valence-corrected chi connectivity index (χ2v) is 8.52. The van der Waals surface area contributed by atoms with Crippen LogP contribution in [0.15, 0.2) is 47.4 Å². The fourth-order valence-corrected chi connectivity index (χ4v) is 4.05. The van der Waals surface area contributed by atoms with Gasteiger partial charge in [-0.15, -0.1) is 0 Å². The first kappa shape index (κ1) is 22.0. The Morgan fingerprint density at radius 2 is 1.79 bits per heavy atom. The molecule has 28 heavy (non-hydrogen) atoms. The van der Waals surface area contributed by atoms with Crippen LogP contribution in [-0.4, -0.2) is 32.9 Å². The van der Waals surface area contributed by atoms with E-state index in [0.29, 0.717) is 0 Å². The van der Waals surface area contributed by atoms with Crippen molar-refractivity contribution in [3.05, 3.63) is 58.1 Å². The molecule has 1 amide bonds. The third kappa shape index (κ3) is 5.85. The minimum atomic E-state index is -4.12. The fourth-order valence-electron chi connectivity index (χ4n) is 2.21. The van der Waals surface area contributed by atoms with Crippen molar-refractivity contribution in [2.75, 3.05) is 11.3 Å². The Morgan fingerprint density at radius 1 is 1.11 bits per heavy atom. The van der Waals surface area contributed by atoms with Gasteiger partial charge in [0.1, 0.15) is 4.90 Å². The number of carbonyl (C=O) groups is 2. The summed E-state index contributed by atoms with van der Waals surface area (Å²) < 4.78 is 32.6.